The van der Waals surface area contributed by atoms with Crippen LogP contribution in [0.3, 0.4) is 0 Å². The summed E-state index contributed by atoms with van der Waals surface area (Å²) in [7, 11) is 0. The van der Waals surface area contributed by atoms with E-state index in [1.807, 2.05) is 0 Å². The van der Waals surface area contributed by atoms with Crippen LogP contribution < -0.4 is 0 Å². The highest BCUT2D eigenvalue weighted by molar-refractivity contribution is 4.91. The lowest BCUT2D eigenvalue weighted by atomic mass is 9.80. The Labute approximate surface area is 112 Å². The summed E-state index contributed by atoms with van der Waals surface area (Å²) in [4.78, 5) is 2.64. The van der Waals surface area contributed by atoms with Crippen LogP contribution in [0.2, 0.25) is 0 Å². The van der Waals surface area contributed by atoms with Gasteiger partial charge in [0.2, 0.25) is 0 Å². The van der Waals surface area contributed by atoms with Crippen molar-refractivity contribution in [1.29, 1.82) is 0 Å². The van der Waals surface area contributed by atoms with E-state index in [9.17, 15) is 5.11 Å². The maximum Gasteiger partial charge on any atom is 0.0501 e. The van der Waals surface area contributed by atoms with Gasteiger partial charge in [0.25, 0.3) is 0 Å². The van der Waals surface area contributed by atoms with Gasteiger partial charge in [0.15, 0.2) is 0 Å². The van der Waals surface area contributed by atoms with Crippen molar-refractivity contribution in [3.63, 3.8) is 0 Å². The highest BCUT2D eigenvalue weighted by Crippen LogP contribution is 2.35. The molecule has 1 aliphatic heterocycles. The summed E-state index contributed by atoms with van der Waals surface area (Å²) in [5.74, 6) is 0.769. The van der Waals surface area contributed by atoms with Crippen LogP contribution in [0.1, 0.15) is 46.0 Å². The van der Waals surface area contributed by atoms with Crippen molar-refractivity contribution in [2.24, 2.45) is 11.3 Å². The van der Waals surface area contributed by atoms with Gasteiger partial charge in [-0.3, -0.25) is 4.90 Å². The smallest absolute Gasteiger partial charge is 0.0501 e. The first-order valence-electron chi connectivity index (χ1n) is 7.58. The van der Waals surface area contributed by atoms with Crippen LogP contribution in [0.4, 0.5) is 0 Å². The first kappa shape index (κ1) is 14.3. The molecule has 2 rings (SSSR count). The van der Waals surface area contributed by atoms with E-state index in [1.54, 1.807) is 0 Å². The second kappa shape index (κ2) is 6.36. The van der Waals surface area contributed by atoms with Crippen molar-refractivity contribution < 1.29 is 9.84 Å². The average Bonchev–Trinajstić information content (AvgIpc) is 3.20. The summed E-state index contributed by atoms with van der Waals surface area (Å²) in [6, 6.07) is 0.801. The first-order chi connectivity index (χ1) is 8.65. The number of nitrogens with zero attached hydrogens (tertiary/aromatic N) is 1. The summed E-state index contributed by atoms with van der Waals surface area (Å²) in [5.41, 5.74) is 0.109. The Morgan fingerprint density at radius 3 is 2.44 bits per heavy atom. The van der Waals surface area contributed by atoms with E-state index in [1.165, 1.54) is 25.8 Å². The third-order valence-corrected chi connectivity index (χ3v) is 4.48. The molecular formula is C15H29NO2. The van der Waals surface area contributed by atoms with E-state index >= 15 is 0 Å². The highest BCUT2D eigenvalue weighted by Gasteiger charge is 2.38. The molecule has 0 unspecified atom stereocenters. The predicted octanol–water partition coefficient (Wildman–Crippen LogP) is 2.29. The third-order valence-electron chi connectivity index (χ3n) is 4.48. The van der Waals surface area contributed by atoms with Crippen molar-refractivity contribution in [3.05, 3.63) is 0 Å². The predicted molar refractivity (Wildman–Crippen MR) is 73.6 cm³/mol. The summed E-state index contributed by atoms with van der Waals surface area (Å²) in [5, 5.41) is 9.79. The molecular weight excluding hydrogens is 226 g/mol. The average molecular weight is 255 g/mol. The summed E-state index contributed by atoms with van der Waals surface area (Å²) >= 11 is 0. The Balaban J connectivity index is 1.89. The lowest BCUT2D eigenvalue weighted by molar-refractivity contribution is -0.0360. The monoisotopic (exact) mass is 255 g/mol. The topological polar surface area (TPSA) is 32.7 Å². The van der Waals surface area contributed by atoms with E-state index in [-0.39, 0.29) is 5.41 Å². The molecule has 1 saturated heterocycles. The molecule has 1 N–H and O–H groups in total. The van der Waals surface area contributed by atoms with Crippen molar-refractivity contribution in [2.75, 3.05) is 32.9 Å². The number of hydrogen-bond acceptors (Lipinski definition) is 3. The zero-order valence-electron chi connectivity index (χ0n) is 12.0. The summed E-state index contributed by atoms with van der Waals surface area (Å²) < 4.78 is 5.45. The molecule has 3 heteroatoms. The Hall–Kier alpha value is -0.120. The van der Waals surface area contributed by atoms with E-state index in [0.29, 0.717) is 6.61 Å². The largest absolute Gasteiger partial charge is 0.396 e. The molecule has 2 fully saturated rings. The molecule has 1 heterocycles. The number of rotatable bonds is 7. The molecule has 0 bridgehead atoms. The van der Waals surface area contributed by atoms with Gasteiger partial charge >= 0.3 is 0 Å². The standard InChI is InChI=1S/C15H29NO2/c1-13(2)5-8-16(14-3-4-14)11-15(12-17)6-9-18-10-7-15/h13-14,17H,3-12H2,1-2H3. The molecule has 0 spiro atoms. The number of ether oxygens (including phenoxy) is 1. The van der Waals surface area contributed by atoms with Crippen molar-refractivity contribution >= 4 is 0 Å². The van der Waals surface area contributed by atoms with Gasteiger partial charge in [-0.2, -0.15) is 0 Å². The zero-order valence-corrected chi connectivity index (χ0v) is 12.0. The van der Waals surface area contributed by atoms with E-state index in [2.05, 4.69) is 18.7 Å². The summed E-state index contributed by atoms with van der Waals surface area (Å²) in [6.45, 7) is 8.83. The molecule has 106 valence electrons. The Morgan fingerprint density at radius 1 is 1.28 bits per heavy atom. The molecule has 0 aromatic heterocycles. The molecule has 0 radical (unpaired) electrons. The highest BCUT2D eigenvalue weighted by atomic mass is 16.5. The van der Waals surface area contributed by atoms with Crippen LogP contribution in [-0.4, -0.2) is 49.0 Å². The molecule has 0 atom stereocenters. The third kappa shape index (κ3) is 3.94. The molecule has 2 aliphatic rings. The van der Waals surface area contributed by atoms with Crippen molar-refractivity contribution in [3.8, 4) is 0 Å². The Morgan fingerprint density at radius 2 is 1.94 bits per heavy atom. The van der Waals surface area contributed by atoms with Crippen LogP contribution >= 0.6 is 0 Å². The molecule has 0 aromatic rings. The molecule has 18 heavy (non-hydrogen) atoms. The quantitative estimate of drug-likeness (QED) is 0.757. The van der Waals surface area contributed by atoms with Gasteiger partial charge in [-0.1, -0.05) is 13.8 Å². The maximum atomic E-state index is 9.79. The van der Waals surface area contributed by atoms with Crippen LogP contribution in [0.15, 0.2) is 0 Å². The van der Waals surface area contributed by atoms with Gasteiger partial charge in [0, 0.05) is 31.2 Å². The van der Waals surface area contributed by atoms with Crippen LogP contribution in [0.5, 0.6) is 0 Å². The number of aliphatic hydroxyl groups excluding tert-OH is 1. The van der Waals surface area contributed by atoms with Crippen molar-refractivity contribution in [2.45, 2.75) is 52.0 Å². The number of hydrogen-bond donors (Lipinski definition) is 1. The number of aliphatic hydroxyl groups is 1. The zero-order chi connectivity index (χ0) is 13.0. The Kier molecular flexibility index (Phi) is 5.05. The fourth-order valence-corrected chi connectivity index (χ4v) is 2.86. The fourth-order valence-electron chi connectivity index (χ4n) is 2.86. The lowest BCUT2D eigenvalue weighted by Gasteiger charge is -2.40. The van der Waals surface area contributed by atoms with Gasteiger partial charge in [-0.25, -0.2) is 0 Å². The second-order valence-corrected chi connectivity index (χ2v) is 6.65. The van der Waals surface area contributed by atoms with E-state index in [4.69, 9.17) is 4.74 Å². The first-order valence-corrected chi connectivity index (χ1v) is 7.58. The molecule has 3 nitrogen and oxygen atoms in total. The van der Waals surface area contributed by atoms with Crippen LogP contribution in [-0.2, 0) is 4.74 Å². The SMILES string of the molecule is CC(C)CCN(CC1(CO)CCOCC1)C1CC1. The van der Waals surface area contributed by atoms with Gasteiger partial charge in [0.05, 0.1) is 6.61 Å². The van der Waals surface area contributed by atoms with Crippen LogP contribution in [0, 0.1) is 11.3 Å². The summed E-state index contributed by atoms with van der Waals surface area (Å²) in [6.07, 6.45) is 6.03. The minimum atomic E-state index is 0.109. The molecule has 1 aliphatic carbocycles. The van der Waals surface area contributed by atoms with E-state index < -0.39 is 0 Å². The lowest BCUT2D eigenvalue weighted by Crippen LogP contribution is -2.45. The minimum Gasteiger partial charge on any atom is -0.396 e. The minimum absolute atomic E-state index is 0.109. The normalized spacial score (nSPS) is 23.8. The van der Waals surface area contributed by atoms with Crippen molar-refractivity contribution in [1.82, 2.24) is 4.90 Å². The van der Waals surface area contributed by atoms with Crippen LogP contribution in [0.25, 0.3) is 0 Å². The van der Waals surface area contributed by atoms with Gasteiger partial charge in [0.1, 0.15) is 0 Å². The van der Waals surface area contributed by atoms with Gasteiger partial charge < -0.3 is 9.84 Å². The van der Waals surface area contributed by atoms with Gasteiger partial charge in [-0.15, -0.1) is 0 Å². The van der Waals surface area contributed by atoms with Gasteiger partial charge in [-0.05, 0) is 44.6 Å². The second-order valence-electron chi connectivity index (χ2n) is 6.65. The molecule has 1 saturated carbocycles. The maximum absolute atomic E-state index is 9.79. The molecule has 0 aromatic carbocycles. The fraction of sp³-hybridized carbons (Fsp3) is 1.00. The Bertz CT molecular complexity index is 245. The van der Waals surface area contributed by atoms with E-state index in [0.717, 1.165) is 44.6 Å². The molecule has 0 amide bonds.